The van der Waals surface area contributed by atoms with E-state index in [2.05, 4.69) is 164 Å². The topological polar surface area (TPSA) is 51.8 Å². The van der Waals surface area contributed by atoms with Gasteiger partial charge in [-0.05, 0) is 81.2 Å². The second-order valence-corrected chi connectivity index (χ2v) is 13.3. The third-order valence-electron chi connectivity index (χ3n) is 9.90. The average molecular weight is 678 g/mol. The fourth-order valence-corrected chi connectivity index (χ4v) is 7.23. The van der Waals surface area contributed by atoms with Gasteiger partial charge in [-0.15, -0.1) is 0 Å². The van der Waals surface area contributed by atoms with E-state index in [0.29, 0.717) is 17.5 Å². The molecule has 0 spiro atoms. The summed E-state index contributed by atoms with van der Waals surface area (Å²) in [5, 5.41) is 4.49. The van der Waals surface area contributed by atoms with Crippen molar-refractivity contribution in [3.05, 3.63) is 188 Å². The number of para-hydroxylation sites is 1. The number of hydrogen-bond donors (Lipinski definition) is 0. The lowest BCUT2D eigenvalue weighted by atomic mass is 9.98. The fraction of sp³-hybridized carbons (Fsp3) is 0. The zero-order valence-corrected chi connectivity index (χ0v) is 28.6. The Morgan fingerprint density at radius 3 is 1.28 bits per heavy atom. The summed E-state index contributed by atoms with van der Waals surface area (Å²) in [5.74, 6) is 1.87. The van der Waals surface area contributed by atoms with Crippen LogP contribution in [0.4, 0.5) is 0 Å². The summed E-state index contributed by atoms with van der Waals surface area (Å²) in [6, 6.07) is 65.2. The predicted molar refractivity (Wildman–Crippen MR) is 217 cm³/mol. The fourth-order valence-electron chi connectivity index (χ4n) is 7.23. The predicted octanol–water partition coefficient (Wildman–Crippen LogP) is 12.9. The van der Waals surface area contributed by atoms with Crippen LogP contribution >= 0.6 is 0 Å². The third-order valence-corrected chi connectivity index (χ3v) is 9.90. The van der Waals surface area contributed by atoms with Crippen molar-refractivity contribution in [2.24, 2.45) is 0 Å². The lowest BCUT2D eigenvalue weighted by Gasteiger charge is -2.11. The lowest BCUT2D eigenvalue weighted by Crippen LogP contribution is -2.00. The van der Waals surface area contributed by atoms with Crippen LogP contribution in [0.5, 0.6) is 0 Å². The van der Waals surface area contributed by atoms with E-state index in [1.807, 2.05) is 24.3 Å². The van der Waals surface area contributed by atoms with Gasteiger partial charge >= 0.3 is 0 Å². The Morgan fingerprint density at radius 1 is 0.283 bits per heavy atom. The maximum atomic E-state index is 6.33. The molecule has 10 rings (SSSR count). The van der Waals surface area contributed by atoms with Crippen LogP contribution in [0.3, 0.4) is 0 Å². The molecule has 0 bridgehead atoms. The minimum absolute atomic E-state index is 0.617. The van der Waals surface area contributed by atoms with E-state index in [1.54, 1.807) is 0 Å². The second-order valence-electron chi connectivity index (χ2n) is 13.3. The number of aromatic nitrogens is 3. The van der Waals surface area contributed by atoms with Gasteiger partial charge in [0.15, 0.2) is 17.5 Å². The molecule has 8 aromatic carbocycles. The van der Waals surface area contributed by atoms with Gasteiger partial charge in [-0.2, -0.15) is 0 Å². The molecule has 4 nitrogen and oxygen atoms in total. The average Bonchev–Trinajstić information content (AvgIpc) is 3.63. The van der Waals surface area contributed by atoms with Crippen LogP contribution in [0.2, 0.25) is 0 Å². The first-order valence-electron chi connectivity index (χ1n) is 17.8. The summed E-state index contributed by atoms with van der Waals surface area (Å²) >= 11 is 0. The summed E-state index contributed by atoms with van der Waals surface area (Å²) in [4.78, 5) is 15.3. The molecule has 0 saturated heterocycles. The summed E-state index contributed by atoms with van der Waals surface area (Å²) in [7, 11) is 0. The van der Waals surface area contributed by atoms with Gasteiger partial charge in [-0.3, -0.25) is 0 Å². The van der Waals surface area contributed by atoms with Gasteiger partial charge in [0, 0.05) is 32.8 Å². The summed E-state index contributed by atoms with van der Waals surface area (Å²) in [6.45, 7) is 0. The second kappa shape index (κ2) is 12.9. The van der Waals surface area contributed by atoms with E-state index >= 15 is 0 Å². The van der Waals surface area contributed by atoms with Crippen molar-refractivity contribution < 1.29 is 4.42 Å². The lowest BCUT2D eigenvalue weighted by molar-refractivity contribution is 0.672. The quantitative estimate of drug-likeness (QED) is 0.176. The molecule has 0 aliphatic carbocycles. The monoisotopic (exact) mass is 677 g/mol. The molecule has 0 amide bonds. The van der Waals surface area contributed by atoms with Gasteiger partial charge < -0.3 is 4.42 Å². The number of furan rings is 1. The van der Waals surface area contributed by atoms with Crippen molar-refractivity contribution in [3.63, 3.8) is 0 Å². The van der Waals surface area contributed by atoms with Crippen LogP contribution in [0.15, 0.2) is 192 Å². The molecular formula is C49H31N3O. The summed E-state index contributed by atoms with van der Waals surface area (Å²) < 4.78 is 6.33. The van der Waals surface area contributed by atoms with E-state index in [-0.39, 0.29) is 0 Å². The van der Waals surface area contributed by atoms with Crippen LogP contribution in [0.1, 0.15) is 0 Å². The van der Waals surface area contributed by atoms with Gasteiger partial charge in [0.05, 0.1) is 0 Å². The molecule has 0 aliphatic rings. The Bertz CT molecular complexity index is 2850. The third kappa shape index (κ3) is 5.73. The largest absolute Gasteiger partial charge is 0.455 e. The first-order chi connectivity index (χ1) is 26.2. The number of benzene rings is 8. The van der Waals surface area contributed by atoms with E-state index in [1.165, 1.54) is 0 Å². The number of fused-ring (bicyclic) bond motifs is 5. The molecule has 248 valence electrons. The molecule has 0 radical (unpaired) electrons. The van der Waals surface area contributed by atoms with Crippen LogP contribution < -0.4 is 0 Å². The molecule has 0 saturated carbocycles. The highest BCUT2D eigenvalue weighted by atomic mass is 16.3. The molecule has 10 aromatic rings. The van der Waals surface area contributed by atoms with Crippen molar-refractivity contribution in [1.82, 2.24) is 15.0 Å². The smallest absolute Gasteiger partial charge is 0.164 e. The molecule has 2 heterocycles. The van der Waals surface area contributed by atoms with Crippen molar-refractivity contribution in [3.8, 4) is 67.5 Å². The first kappa shape index (κ1) is 30.6. The highest BCUT2D eigenvalue weighted by Crippen LogP contribution is 2.37. The number of hydrogen-bond acceptors (Lipinski definition) is 4. The van der Waals surface area contributed by atoms with Gasteiger partial charge in [0.25, 0.3) is 0 Å². The molecule has 4 heteroatoms. The van der Waals surface area contributed by atoms with Crippen molar-refractivity contribution in [2.75, 3.05) is 0 Å². The van der Waals surface area contributed by atoms with Gasteiger partial charge in [0.1, 0.15) is 11.2 Å². The van der Waals surface area contributed by atoms with Crippen molar-refractivity contribution >= 4 is 32.7 Å². The van der Waals surface area contributed by atoms with E-state index in [9.17, 15) is 0 Å². The van der Waals surface area contributed by atoms with Gasteiger partial charge in [-0.1, -0.05) is 146 Å². The SMILES string of the molecule is c1ccc(-c2cccc(-c3nc(-c4cccc(-c5ccccc5)c4)nc(-c4cccc(-c5ccc6c(ccc7c8ccccc8oc67)c5)c4)n3)c2)cc1. The number of nitrogens with zero attached hydrogens (tertiary/aromatic N) is 3. The molecule has 0 aliphatic heterocycles. The van der Waals surface area contributed by atoms with Crippen LogP contribution in [-0.4, -0.2) is 15.0 Å². The Kier molecular flexibility index (Phi) is 7.43. The Labute approximate surface area is 306 Å². The molecular weight excluding hydrogens is 647 g/mol. The summed E-state index contributed by atoms with van der Waals surface area (Å²) in [6.07, 6.45) is 0. The maximum absolute atomic E-state index is 6.33. The summed E-state index contributed by atoms with van der Waals surface area (Å²) in [5.41, 5.74) is 11.3. The van der Waals surface area contributed by atoms with Crippen LogP contribution in [-0.2, 0) is 0 Å². The molecule has 2 aromatic heterocycles. The van der Waals surface area contributed by atoms with Crippen LogP contribution in [0.25, 0.3) is 100 Å². The van der Waals surface area contributed by atoms with Gasteiger partial charge in [-0.25, -0.2) is 15.0 Å². The molecule has 0 N–H and O–H groups in total. The van der Waals surface area contributed by atoms with E-state index in [4.69, 9.17) is 19.4 Å². The van der Waals surface area contributed by atoms with Crippen molar-refractivity contribution in [2.45, 2.75) is 0 Å². The minimum Gasteiger partial charge on any atom is -0.455 e. The zero-order valence-electron chi connectivity index (χ0n) is 28.6. The molecule has 0 fully saturated rings. The van der Waals surface area contributed by atoms with Crippen molar-refractivity contribution in [1.29, 1.82) is 0 Å². The Morgan fingerprint density at radius 2 is 0.717 bits per heavy atom. The maximum Gasteiger partial charge on any atom is 0.164 e. The zero-order chi connectivity index (χ0) is 35.1. The van der Waals surface area contributed by atoms with Gasteiger partial charge in [0.2, 0.25) is 0 Å². The molecule has 0 unspecified atom stereocenters. The number of rotatable bonds is 6. The Hall–Kier alpha value is -7.17. The first-order valence-corrected chi connectivity index (χ1v) is 17.8. The Balaban J connectivity index is 1.09. The van der Waals surface area contributed by atoms with E-state index < -0.39 is 0 Å². The highest BCUT2D eigenvalue weighted by Gasteiger charge is 2.16. The van der Waals surface area contributed by atoms with Crippen LogP contribution in [0, 0.1) is 0 Å². The van der Waals surface area contributed by atoms with E-state index in [0.717, 1.165) is 82.8 Å². The highest BCUT2D eigenvalue weighted by molar-refractivity contribution is 6.15. The molecule has 0 atom stereocenters. The standard InChI is InChI=1S/C49H31N3O/c1-3-12-32(13-4-1)34-16-9-19-39(29-34)47-50-48(40-20-10-17-35(30-40)33-14-5-2-6-15-33)52-49(51-47)41-21-11-18-36(31-41)37-24-26-42-38(28-37)25-27-44-43-22-7-8-23-45(43)53-46(42)44/h1-31H. The minimum atomic E-state index is 0.617. The molecule has 53 heavy (non-hydrogen) atoms. The normalized spacial score (nSPS) is 11.4.